The van der Waals surface area contributed by atoms with Gasteiger partial charge in [0.25, 0.3) is 0 Å². The van der Waals surface area contributed by atoms with Crippen LogP contribution < -0.4 is 14.2 Å². The first-order chi connectivity index (χ1) is 15.3. The minimum absolute atomic E-state index is 0.182. The van der Waals surface area contributed by atoms with E-state index in [-0.39, 0.29) is 16.9 Å². The molecule has 3 aromatic rings. The number of halogens is 1. The van der Waals surface area contributed by atoms with Crippen LogP contribution in [0.15, 0.2) is 85.5 Å². The normalized spacial score (nSPS) is 10.2. The van der Waals surface area contributed by atoms with Crippen molar-refractivity contribution in [2.45, 2.75) is 6.92 Å². The average Bonchev–Trinajstić information content (AvgIpc) is 2.80. The summed E-state index contributed by atoms with van der Waals surface area (Å²) in [5.41, 5.74) is 1.99. The predicted molar refractivity (Wildman–Crippen MR) is 120 cm³/mol. The molecule has 3 aromatic carbocycles. The zero-order valence-corrected chi connectivity index (χ0v) is 17.7. The van der Waals surface area contributed by atoms with Crippen LogP contribution in [0.25, 0.3) is 22.3 Å². The Hall–Kier alpha value is -4.19. The quantitative estimate of drug-likeness (QED) is 0.271. The van der Waals surface area contributed by atoms with Crippen molar-refractivity contribution in [1.29, 1.82) is 0 Å². The number of ether oxygens (including phenoxy) is 3. The van der Waals surface area contributed by atoms with E-state index in [2.05, 4.69) is 13.2 Å². The molecule has 3 rings (SSSR count). The fourth-order valence-electron chi connectivity index (χ4n) is 2.90. The molecule has 32 heavy (non-hydrogen) atoms. The molecule has 0 heterocycles. The first-order valence-corrected chi connectivity index (χ1v) is 9.62. The maximum Gasteiger partial charge on any atom is 0.338 e. The van der Waals surface area contributed by atoms with Crippen molar-refractivity contribution >= 4 is 11.9 Å². The lowest BCUT2D eigenvalue weighted by Gasteiger charge is -2.14. The summed E-state index contributed by atoms with van der Waals surface area (Å²) < 4.78 is 30.8. The summed E-state index contributed by atoms with van der Waals surface area (Å²) in [7, 11) is 1.55. The van der Waals surface area contributed by atoms with Crippen molar-refractivity contribution in [3.8, 4) is 39.5 Å². The number of benzene rings is 3. The topological polar surface area (TPSA) is 61.8 Å². The molecule has 0 aliphatic heterocycles. The highest BCUT2D eigenvalue weighted by Gasteiger charge is 2.17. The number of hydrogen-bond donors (Lipinski definition) is 0. The van der Waals surface area contributed by atoms with E-state index in [9.17, 15) is 9.59 Å². The molecular weight excluding hydrogens is 411 g/mol. The van der Waals surface area contributed by atoms with E-state index < -0.39 is 17.8 Å². The molecule has 0 bridgehead atoms. The Morgan fingerprint density at radius 2 is 1.44 bits per heavy atom. The SMILES string of the molecule is C=CC(=O)Oc1ccc(-c2cc(OC(=O)C(=C)C)c(-c3ccc(OC)cc3)cc2F)cc1. The Bertz CT molecular complexity index is 1180. The van der Waals surface area contributed by atoms with Crippen molar-refractivity contribution in [3.63, 3.8) is 0 Å². The fraction of sp³-hybridized carbons (Fsp3) is 0.0769. The van der Waals surface area contributed by atoms with Gasteiger partial charge in [0.15, 0.2) is 0 Å². The van der Waals surface area contributed by atoms with Gasteiger partial charge in [-0.25, -0.2) is 14.0 Å². The van der Waals surface area contributed by atoms with Crippen LogP contribution in [0.2, 0.25) is 0 Å². The van der Waals surface area contributed by atoms with Gasteiger partial charge in [-0.1, -0.05) is 37.4 Å². The molecule has 0 atom stereocenters. The highest BCUT2D eigenvalue weighted by molar-refractivity contribution is 5.91. The molecule has 0 spiro atoms. The monoisotopic (exact) mass is 432 g/mol. The number of carbonyl (C=O) groups is 2. The first-order valence-electron chi connectivity index (χ1n) is 9.62. The zero-order valence-electron chi connectivity index (χ0n) is 17.7. The molecule has 0 saturated carbocycles. The Morgan fingerprint density at radius 1 is 0.875 bits per heavy atom. The van der Waals surface area contributed by atoms with Crippen LogP contribution in [-0.4, -0.2) is 19.0 Å². The Labute approximate surface area is 185 Å². The van der Waals surface area contributed by atoms with Crippen molar-refractivity contribution in [2.24, 2.45) is 0 Å². The summed E-state index contributed by atoms with van der Waals surface area (Å²) in [6, 6.07) is 16.0. The summed E-state index contributed by atoms with van der Waals surface area (Å²) >= 11 is 0. The smallest absolute Gasteiger partial charge is 0.338 e. The summed E-state index contributed by atoms with van der Waals surface area (Å²) in [5, 5.41) is 0. The summed E-state index contributed by atoms with van der Waals surface area (Å²) in [6.45, 7) is 8.48. The van der Waals surface area contributed by atoms with E-state index >= 15 is 4.39 Å². The van der Waals surface area contributed by atoms with E-state index in [1.165, 1.54) is 31.2 Å². The largest absolute Gasteiger partial charge is 0.497 e. The minimum Gasteiger partial charge on any atom is -0.497 e. The van der Waals surface area contributed by atoms with Crippen LogP contribution in [0.4, 0.5) is 4.39 Å². The van der Waals surface area contributed by atoms with Gasteiger partial charge in [-0.3, -0.25) is 0 Å². The van der Waals surface area contributed by atoms with E-state index in [4.69, 9.17) is 14.2 Å². The molecule has 0 aromatic heterocycles. The van der Waals surface area contributed by atoms with Gasteiger partial charge in [-0.2, -0.15) is 0 Å². The maximum absolute atomic E-state index is 15.1. The summed E-state index contributed by atoms with van der Waals surface area (Å²) in [6.07, 6.45) is 1.05. The van der Waals surface area contributed by atoms with E-state index in [1.54, 1.807) is 43.5 Å². The van der Waals surface area contributed by atoms with Gasteiger partial charge in [0.05, 0.1) is 7.11 Å². The maximum atomic E-state index is 15.1. The molecule has 6 heteroatoms. The van der Waals surface area contributed by atoms with Gasteiger partial charge in [0.1, 0.15) is 23.1 Å². The minimum atomic E-state index is -0.621. The predicted octanol–water partition coefficient (Wildman–Crippen LogP) is 5.74. The van der Waals surface area contributed by atoms with Gasteiger partial charge in [0.2, 0.25) is 0 Å². The average molecular weight is 432 g/mol. The number of esters is 2. The molecular formula is C26H21FO5. The summed E-state index contributed by atoms with van der Waals surface area (Å²) in [4.78, 5) is 23.6. The Balaban J connectivity index is 2.06. The zero-order chi connectivity index (χ0) is 23.3. The highest BCUT2D eigenvalue weighted by atomic mass is 19.1. The summed E-state index contributed by atoms with van der Waals surface area (Å²) in [5.74, 6) is -0.610. The van der Waals surface area contributed by atoms with Crippen molar-refractivity contribution < 1.29 is 28.2 Å². The molecule has 0 amide bonds. The second kappa shape index (κ2) is 9.75. The van der Waals surface area contributed by atoms with Gasteiger partial charge < -0.3 is 14.2 Å². The molecule has 0 unspecified atom stereocenters. The van der Waals surface area contributed by atoms with Crippen LogP contribution in [-0.2, 0) is 9.59 Å². The Morgan fingerprint density at radius 3 is 1.97 bits per heavy atom. The van der Waals surface area contributed by atoms with Crippen LogP contribution >= 0.6 is 0 Å². The molecule has 0 aliphatic carbocycles. The van der Waals surface area contributed by atoms with Crippen LogP contribution in [0.1, 0.15) is 6.92 Å². The first kappa shape index (κ1) is 22.5. The number of rotatable bonds is 7. The molecule has 5 nitrogen and oxygen atoms in total. The third kappa shape index (κ3) is 5.10. The number of carbonyl (C=O) groups excluding carboxylic acids is 2. The standard InChI is InChI=1S/C26H21FO5/c1-5-25(28)31-20-12-8-17(9-13-20)21-15-24(32-26(29)16(2)3)22(14-23(21)27)18-6-10-19(30-4)11-7-18/h5-15H,1-2H2,3-4H3. The van der Waals surface area contributed by atoms with E-state index in [0.717, 1.165) is 6.08 Å². The second-order valence-electron chi connectivity index (χ2n) is 6.88. The van der Waals surface area contributed by atoms with Crippen LogP contribution in [0.3, 0.4) is 0 Å². The Kier molecular flexibility index (Phi) is 6.85. The second-order valence-corrected chi connectivity index (χ2v) is 6.88. The molecule has 0 aliphatic rings. The lowest BCUT2D eigenvalue weighted by molar-refractivity contribution is -0.130. The lowest BCUT2D eigenvalue weighted by atomic mass is 9.98. The van der Waals surface area contributed by atoms with Gasteiger partial charge in [-0.15, -0.1) is 0 Å². The third-order valence-corrected chi connectivity index (χ3v) is 4.57. The van der Waals surface area contributed by atoms with E-state index in [1.807, 2.05) is 0 Å². The van der Waals surface area contributed by atoms with Crippen molar-refractivity contribution in [2.75, 3.05) is 7.11 Å². The van der Waals surface area contributed by atoms with Crippen LogP contribution in [0, 0.1) is 5.82 Å². The fourth-order valence-corrected chi connectivity index (χ4v) is 2.90. The molecule has 0 saturated heterocycles. The van der Waals surface area contributed by atoms with Crippen molar-refractivity contribution in [3.05, 3.63) is 91.3 Å². The van der Waals surface area contributed by atoms with Gasteiger partial charge >= 0.3 is 11.9 Å². The molecule has 0 fully saturated rings. The molecule has 0 N–H and O–H groups in total. The number of methoxy groups -OCH3 is 1. The molecule has 162 valence electrons. The van der Waals surface area contributed by atoms with Gasteiger partial charge in [-0.05, 0) is 54.4 Å². The lowest BCUT2D eigenvalue weighted by Crippen LogP contribution is -2.09. The number of hydrogen-bond acceptors (Lipinski definition) is 5. The van der Waals surface area contributed by atoms with Crippen LogP contribution in [0.5, 0.6) is 17.2 Å². The third-order valence-electron chi connectivity index (χ3n) is 4.57. The highest BCUT2D eigenvalue weighted by Crippen LogP contribution is 2.37. The van der Waals surface area contributed by atoms with Gasteiger partial charge in [0, 0.05) is 22.8 Å². The molecule has 0 radical (unpaired) electrons. The van der Waals surface area contributed by atoms with Crippen molar-refractivity contribution in [1.82, 2.24) is 0 Å². The van der Waals surface area contributed by atoms with E-state index in [0.29, 0.717) is 28.2 Å².